The standard InChI is InChI=1S/C25H40N6O/c1-3-4-5-6-7-9-13-27-25(32)19-22-11-8-10-15-31(22)24-18-21(2)28-23(29-24)12-16-30-17-14-26-20-30/h14,17-18,20,22H,3-13,15-16,19H2,1-2H3,(H,27,32). The molecule has 176 valence electrons. The summed E-state index contributed by atoms with van der Waals surface area (Å²) in [6.07, 6.45) is 17.7. The number of rotatable bonds is 13. The number of aryl methyl sites for hydroxylation is 3. The van der Waals surface area contributed by atoms with Gasteiger partial charge in [-0.3, -0.25) is 4.79 Å². The summed E-state index contributed by atoms with van der Waals surface area (Å²) in [7, 11) is 0. The summed E-state index contributed by atoms with van der Waals surface area (Å²) in [6, 6.07) is 2.27. The van der Waals surface area contributed by atoms with Gasteiger partial charge in [-0.15, -0.1) is 0 Å². The minimum Gasteiger partial charge on any atom is -0.356 e. The lowest BCUT2D eigenvalue weighted by Gasteiger charge is -2.36. The van der Waals surface area contributed by atoms with Gasteiger partial charge in [-0.25, -0.2) is 15.0 Å². The Balaban J connectivity index is 1.52. The number of carbonyl (C=O) groups excluding carboxylic acids is 1. The average Bonchev–Trinajstić information content (AvgIpc) is 3.31. The maximum absolute atomic E-state index is 12.6. The Kier molecular flexibility index (Phi) is 9.98. The molecule has 3 rings (SSSR count). The first-order valence-electron chi connectivity index (χ1n) is 12.5. The van der Waals surface area contributed by atoms with Gasteiger partial charge in [-0.05, 0) is 32.6 Å². The highest BCUT2D eigenvalue weighted by molar-refractivity contribution is 5.77. The van der Waals surface area contributed by atoms with Crippen LogP contribution in [-0.4, -0.2) is 44.6 Å². The molecule has 1 atom stereocenters. The molecule has 1 aliphatic rings. The van der Waals surface area contributed by atoms with E-state index in [-0.39, 0.29) is 11.9 Å². The second-order valence-corrected chi connectivity index (χ2v) is 9.00. The van der Waals surface area contributed by atoms with Crippen molar-refractivity contribution in [1.29, 1.82) is 0 Å². The Labute approximate surface area is 193 Å². The second kappa shape index (κ2) is 13.2. The van der Waals surface area contributed by atoms with Gasteiger partial charge in [0.1, 0.15) is 11.6 Å². The molecule has 0 aromatic carbocycles. The largest absolute Gasteiger partial charge is 0.356 e. The van der Waals surface area contributed by atoms with E-state index in [1.54, 1.807) is 6.20 Å². The predicted molar refractivity (Wildman–Crippen MR) is 129 cm³/mol. The second-order valence-electron chi connectivity index (χ2n) is 9.00. The van der Waals surface area contributed by atoms with Crippen LogP contribution in [-0.2, 0) is 17.8 Å². The lowest BCUT2D eigenvalue weighted by Crippen LogP contribution is -2.43. The van der Waals surface area contributed by atoms with E-state index < -0.39 is 0 Å². The fourth-order valence-corrected chi connectivity index (χ4v) is 4.45. The van der Waals surface area contributed by atoms with E-state index in [4.69, 9.17) is 4.98 Å². The lowest BCUT2D eigenvalue weighted by atomic mass is 9.99. The van der Waals surface area contributed by atoms with Crippen LogP contribution >= 0.6 is 0 Å². The molecule has 1 aliphatic heterocycles. The molecule has 7 nitrogen and oxygen atoms in total. The minimum atomic E-state index is 0.168. The molecule has 1 unspecified atom stereocenters. The monoisotopic (exact) mass is 440 g/mol. The van der Waals surface area contributed by atoms with Crippen molar-refractivity contribution in [3.8, 4) is 0 Å². The predicted octanol–water partition coefficient (Wildman–Crippen LogP) is 4.45. The van der Waals surface area contributed by atoms with Crippen molar-refractivity contribution in [2.75, 3.05) is 18.0 Å². The molecule has 0 radical (unpaired) electrons. The van der Waals surface area contributed by atoms with Crippen molar-refractivity contribution in [3.05, 3.63) is 36.3 Å². The number of nitrogens with zero attached hydrogens (tertiary/aromatic N) is 5. The fourth-order valence-electron chi connectivity index (χ4n) is 4.45. The molecule has 0 saturated carbocycles. The summed E-state index contributed by atoms with van der Waals surface area (Å²) in [5.41, 5.74) is 0.979. The van der Waals surface area contributed by atoms with E-state index in [2.05, 4.69) is 33.2 Å². The number of hydrogen-bond donors (Lipinski definition) is 1. The lowest BCUT2D eigenvalue weighted by molar-refractivity contribution is -0.121. The van der Waals surface area contributed by atoms with Crippen LogP contribution in [0, 0.1) is 6.92 Å². The molecule has 2 aromatic rings. The highest BCUT2D eigenvalue weighted by Gasteiger charge is 2.26. The van der Waals surface area contributed by atoms with Crippen LogP contribution in [0.15, 0.2) is 24.8 Å². The Bertz CT molecular complexity index is 807. The van der Waals surface area contributed by atoms with E-state index in [9.17, 15) is 4.79 Å². The molecular weight excluding hydrogens is 400 g/mol. The first-order chi connectivity index (χ1) is 15.7. The fraction of sp³-hybridized carbons (Fsp3) is 0.680. The average molecular weight is 441 g/mol. The van der Waals surface area contributed by atoms with Crippen LogP contribution < -0.4 is 10.2 Å². The molecule has 0 bridgehead atoms. The van der Waals surface area contributed by atoms with E-state index in [0.29, 0.717) is 6.42 Å². The number of imidazole rings is 1. The molecule has 1 amide bonds. The Hall–Kier alpha value is -2.44. The van der Waals surface area contributed by atoms with Gasteiger partial charge in [0, 0.05) is 62.7 Å². The summed E-state index contributed by atoms with van der Waals surface area (Å²) in [5.74, 6) is 1.98. The normalized spacial score (nSPS) is 16.3. The van der Waals surface area contributed by atoms with Gasteiger partial charge in [-0.1, -0.05) is 39.0 Å². The number of hydrogen-bond acceptors (Lipinski definition) is 5. The molecule has 7 heteroatoms. The summed E-state index contributed by atoms with van der Waals surface area (Å²) in [5, 5.41) is 3.14. The van der Waals surface area contributed by atoms with Crippen LogP contribution in [0.2, 0.25) is 0 Å². The van der Waals surface area contributed by atoms with Crippen molar-refractivity contribution in [1.82, 2.24) is 24.8 Å². The first-order valence-corrected chi connectivity index (χ1v) is 12.5. The molecule has 0 aliphatic carbocycles. The van der Waals surface area contributed by atoms with E-state index in [1.807, 2.05) is 24.0 Å². The molecular formula is C25H40N6O. The van der Waals surface area contributed by atoms with E-state index in [0.717, 1.165) is 62.7 Å². The number of carbonyl (C=O) groups is 1. The molecule has 3 heterocycles. The maximum atomic E-state index is 12.6. The third kappa shape index (κ3) is 7.92. The number of unbranched alkanes of at least 4 members (excludes halogenated alkanes) is 5. The molecule has 32 heavy (non-hydrogen) atoms. The number of amides is 1. The van der Waals surface area contributed by atoms with Crippen LogP contribution in [0.3, 0.4) is 0 Å². The number of nitrogens with one attached hydrogen (secondary N) is 1. The van der Waals surface area contributed by atoms with Gasteiger partial charge in [0.05, 0.1) is 6.33 Å². The van der Waals surface area contributed by atoms with Crippen LogP contribution in [0.1, 0.15) is 82.7 Å². The minimum absolute atomic E-state index is 0.168. The zero-order valence-electron chi connectivity index (χ0n) is 19.9. The molecule has 0 spiro atoms. The smallest absolute Gasteiger partial charge is 0.222 e. The number of anilines is 1. The van der Waals surface area contributed by atoms with Crippen LogP contribution in [0.25, 0.3) is 0 Å². The Morgan fingerprint density at radius 1 is 1.16 bits per heavy atom. The summed E-state index contributed by atoms with van der Waals surface area (Å²) < 4.78 is 2.04. The van der Waals surface area contributed by atoms with Gasteiger partial charge in [-0.2, -0.15) is 0 Å². The first kappa shape index (κ1) is 24.2. The van der Waals surface area contributed by atoms with Crippen molar-refractivity contribution in [2.24, 2.45) is 0 Å². The zero-order valence-corrected chi connectivity index (χ0v) is 19.9. The number of aromatic nitrogens is 4. The topological polar surface area (TPSA) is 75.9 Å². The van der Waals surface area contributed by atoms with Crippen LogP contribution in [0.4, 0.5) is 5.82 Å². The summed E-state index contributed by atoms with van der Waals surface area (Å²) in [4.78, 5) is 28.6. The molecule has 1 N–H and O–H groups in total. The summed E-state index contributed by atoms with van der Waals surface area (Å²) in [6.45, 7) is 6.82. The van der Waals surface area contributed by atoms with Gasteiger partial charge < -0.3 is 14.8 Å². The third-order valence-corrected chi connectivity index (χ3v) is 6.23. The molecule has 2 aromatic heterocycles. The summed E-state index contributed by atoms with van der Waals surface area (Å²) >= 11 is 0. The van der Waals surface area contributed by atoms with E-state index >= 15 is 0 Å². The zero-order chi connectivity index (χ0) is 22.6. The van der Waals surface area contributed by atoms with E-state index in [1.165, 1.54) is 38.5 Å². The Morgan fingerprint density at radius 3 is 2.81 bits per heavy atom. The quantitative estimate of drug-likeness (QED) is 0.466. The van der Waals surface area contributed by atoms with Gasteiger partial charge >= 0.3 is 0 Å². The number of piperidine rings is 1. The van der Waals surface area contributed by atoms with Gasteiger partial charge in [0.25, 0.3) is 0 Å². The SMILES string of the molecule is CCCCCCCCNC(=O)CC1CCCCN1c1cc(C)nc(CCn2ccnc2)n1. The maximum Gasteiger partial charge on any atom is 0.222 e. The van der Waals surface area contributed by atoms with Gasteiger partial charge in [0.2, 0.25) is 5.91 Å². The van der Waals surface area contributed by atoms with Crippen molar-refractivity contribution >= 4 is 11.7 Å². The highest BCUT2D eigenvalue weighted by Crippen LogP contribution is 2.26. The Morgan fingerprint density at radius 2 is 2.00 bits per heavy atom. The molecule has 1 fully saturated rings. The van der Waals surface area contributed by atoms with Crippen LogP contribution in [0.5, 0.6) is 0 Å². The van der Waals surface area contributed by atoms with Gasteiger partial charge in [0.15, 0.2) is 0 Å². The third-order valence-electron chi connectivity index (χ3n) is 6.23. The molecule has 1 saturated heterocycles. The highest BCUT2D eigenvalue weighted by atomic mass is 16.1. The van der Waals surface area contributed by atoms with Crippen molar-refractivity contribution < 1.29 is 4.79 Å². The van der Waals surface area contributed by atoms with Crippen molar-refractivity contribution in [2.45, 2.75) is 97.1 Å². The van der Waals surface area contributed by atoms with Crippen molar-refractivity contribution in [3.63, 3.8) is 0 Å².